The van der Waals surface area contributed by atoms with Gasteiger partial charge in [-0.1, -0.05) is 18.2 Å². The average molecular weight is 402 g/mol. The fourth-order valence-corrected chi connectivity index (χ4v) is 3.19. The number of benzene rings is 1. The number of nitrogens with zero attached hydrogens (tertiary/aromatic N) is 3. The van der Waals surface area contributed by atoms with Gasteiger partial charge in [-0.25, -0.2) is 9.97 Å². The number of hydrogen-bond acceptors (Lipinski definition) is 7. The predicted octanol–water partition coefficient (Wildman–Crippen LogP) is 2.77. The number of para-hydroxylation sites is 1. The molecule has 0 saturated heterocycles. The van der Waals surface area contributed by atoms with Crippen molar-refractivity contribution >= 4 is 27.8 Å². The zero-order valence-electron chi connectivity index (χ0n) is 17.2. The molecule has 158 valence electrons. The van der Waals surface area contributed by atoms with Crippen LogP contribution in [0.4, 0.5) is 5.82 Å². The van der Waals surface area contributed by atoms with Crippen LogP contribution in [0.2, 0.25) is 0 Å². The first-order valence-corrected chi connectivity index (χ1v) is 10.1. The van der Waals surface area contributed by atoms with Gasteiger partial charge in [0.15, 0.2) is 5.82 Å². The lowest BCUT2D eigenvalue weighted by molar-refractivity contribution is 0.0153. The van der Waals surface area contributed by atoms with Crippen molar-refractivity contribution in [3.8, 4) is 0 Å². The molecule has 3 aromatic rings. The summed E-state index contributed by atoms with van der Waals surface area (Å²) in [5, 5.41) is 1.02. The Balaban J connectivity index is 1.71. The van der Waals surface area contributed by atoms with Crippen LogP contribution < -0.4 is 5.73 Å². The standard InChI is InChI=1S/C21H30N4O4/c1-3-26-11-12-29-14-13-28-10-9-25-18(15-27-4-2)24-19-20(25)16-7-5-6-8-17(16)23-21(19)22/h5-8H,3-4,9-15H2,1-2H3,(H2,22,23). The van der Waals surface area contributed by atoms with E-state index in [2.05, 4.69) is 9.55 Å². The number of imidazole rings is 1. The molecule has 29 heavy (non-hydrogen) atoms. The normalized spacial score (nSPS) is 11.7. The third-order valence-corrected chi connectivity index (χ3v) is 4.53. The molecule has 0 aliphatic rings. The molecule has 0 aliphatic carbocycles. The maximum atomic E-state index is 6.19. The first kappa shape index (κ1) is 21.4. The highest BCUT2D eigenvalue weighted by Gasteiger charge is 2.17. The Bertz CT molecular complexity index is 912. The third kappa shape index (κ3) is 5.42. The van der Waals surface area contributed by atoms with Gasteiger partial charge in [0.05, 0.1) is 44.1 Å². The van der Waals surface area contributed by atoms with Crippen LogP contribution in [0.5, 0.6) is 0 Å². The van der Waals surface area contributed by atoms with Crippen molar-refractivity contribution in [2.75, 3.05) is 52.0 Å². The number of fused-ring (bicyclic) bond motifs is 3. The first-order chi connectivity index (χ1) is 14.3. The maximum Gasteiger partial charge on any atom is 0.152 e. The van der Waals surface area contributed by atoms with E-state index in [1.54, 1.807) is 0 Å². The van der Waals surface area contributed by atoms with Crippen molar-refractivity contribution in [3.05, 3.63) is 30.1 Å². The van der Waals surface area contributed by atoms with E-state index in [0.717, 1.165) is 22.2 Å². The summed E-state index contributed by atoms with van der Waals surface area (Å²) in [5.41, 5.74) is 8.72. The highest BCUT2D eigenvalue weighted by atomic mass is 16.5. The van der Waals surface area contributed by atoms with Gasteiger partial charge in [0.25, 0.3) is 0 Å². The smallest absolute Gasteiger partial charge is 0.152 e. The van der Waals surface area contributed by atoms with Crippen molar-refractivity contribution < 1.29 is 18.9 Å². The van der Waals surface area contributed by atoms with E-state index in [4.69, 9.17) is 29.7 Å². The van der Waals surface area contributed by atoms with Crippen LogP contribution in [-0.2, 0) is 32.1 Å². The topological polar surface area (TPSA) is 93.7 Å². The molecule has 8 nitrogen and oxygen atoms in total. The second-order valence-electron chi connectivity index (χ2n) is 6.45. The minimum Gasteiger partial charge on any atom is -0.382 e. The minimum atomic E-state index is 0.416. The Hall–Kier alpha value is -2.26. The monoisotopic (exact) mass is 402 g/mol. The third-order valence-electron chi connectivity index (χ3n) is 4.53. The molecular formula is C21H30N4O4. The summed E-state index contributed by atoms with van der Waals surface area (Å²) >= 11 is 0. The Morgan fingerprint density at radius 1 is 0.862 bits per heavy atom. The quantitative estimate of drug-likeness (QED) is 0.439. The van der Waals surface area contributed by atoms with Gasteiger partial charge >= 0.3 is 0 Å². The second kappa shape index (κ2) is 11.1. The van der Waals surface area contributed by atoms with E-state index < -0.39 is 0 Å². The van der Waals surface area contributed by atoms with Crippen molar-refractivity contribution in [1.29, 1.82) is 0 Å². The molecule has 0 bridgehead atoms. The maximum absolute atomic E-state index is 6.19. The van der Waals surface area contributed by atoms with Crippen molar-refractivity contribution in [1.82, 2.24) is 14.5 Å². The molecule has 0 spiro atoms. The van der Waals surface area contributed by atoms with Crippen LogP contribution in [-0.4, -0.2) is 60.8 Å². The number of anilines is 1. The Morgan fingerprint density at radius 2 is 1.55 bits per heavy atom. The van der Waals surface area contributed by atoms with E-state index in [9.17, 15) is 0 Å². The van der Waals surface area contributed by atoms with E-state index in [-0.39, 0.29) is 0 Å². The van der Waals surface area contributed by atoms with Gasteiger partial charge in [-0.15, -0.1) is 0 Å². The number of pyridine rings is 1. The van der Waals surface area contributed by atoms with Crippen molar-refractivity contribution in [2.24, 2.45) is 0 Å². The zero-order valence-corrected chi connectivity index (χ0v) is 17.2. The van der Waals surface area contributed by atoms with E-state index >= 15 is 0 Å². The average Bonchev–Trinajstić information content (AvgIpc) is 3.10. The second-order valence-corrected chi connectivity index (χ2v) is 6.45. The summed E-state index contributed by atoms with van der Waals surface area (Å²) in [6, 6.07) is 7.95. The molecule has 0 radical (unpaired) electrons. The summed E-state index contributed by atoms with van der Waals surface area (Å²) < 4.78 is 24.2. The molecule has 0 saturated carbocycles. The summed E-state index contributed by atoms with van der Waals surface area (Å²) in [4.78, 5) is 9.21. The Morgan fingerprint density at radius 3 is 2.31 bits per heavy atom. The predicted molar refractivity (Wildman–Crippen MR) is 113 cm³/mol. The largest absolute Gasteiger partial charge is 0.382 e. The summed E-state index contributed by atoms with van der Waals surface area (Å²) in [5.74, 6) is 1.25. The molecular weight excluding hydrogens is 372 g/mol. The highest BCUT2D eigenvalue weighted by Crippen LogP contribution is 2.29. The van der Waals surface area contributed by atoms with Gasteiger partial charge in [0.2, 0.25) is 0 Å². The summed E-state index contributed by atoms with van der Waals surface area (Å²) in [6.07, 6.45) is 0. The molecule has 1 aromatic carbocycles. The SMILES string of the molecule is CCOCCOCCOCCn1c(COCC)nc2c(N)nc3ccccc3c21. The fourth-order valence-electron chi connectivity index (χ4n) is 3.19. The molecule has 8 heteroatoms. The lowest BCUT2D eigenvalue weighted by Gasteiger charge is -2.11. The van der Waals surface area contributed by atoms with Crippen molar-refractivity contribution in [2.45, 2.75) is 27.0 Å². The number of aromatic nitrogens is 3. The molecule has 0 unspecified atom stereocenters. The molecule has 2 aromatic heterocycles. The van der Waals surface area contributed by atoms with E-state index in [1.807, 2.05) is 38.1 Å². The number of nitrogens with two attached hydrogens (primary N) is 1. The van der Waals surface area contributed by atoms with Crippen LogP contribution >= 0.6 is 0 Å². The fraction of sp³-hybridized carbons (Fsp3) is 0.524. The van der Waals surface area contributed by atoms with Crippen LogP contribution in [0.3, 0.4) is 0 Å². The number of ether oxygens (including phenoxy) is 4. The number of rotatable bonds is 13. The Labute approximate surface area is 170 Å². The Kier molecular flexibility index (Phi) is 8.18. The molecule has 2 N–H and O–H groups in total. The lowest BCUT2D eigenvalue weighted by Crippen LogP contribution is -2.14. The van der Waals surface area contributed by atoms with Gasteiger partial charge in [0.1, 0.15) is 17.9 Å². The highest BCUT2D eigenvalue weighted by molar-refractivity contribution is 6.06. The van der Waals surface area contributed by atoms with Gasteiger partial charge in [-0.3, -0.25) is 0 Å². The minimum absolute atomic E-state index is 0.416. The van der Waals surface area contributed by atoms with Crippen LogP contribution in [0, 0.1) is 0 Å². The number of nitrogen functional groups attached to an aromatic ring is 1. The van der Waals surface area contributed by atoms with Crippen LogP contribution in [0.25, 0.3) is 21.9 Å². The first-order valence-electron chi connectivity index (χ1n) is 10.1. The molecule has 3 rings (SSSR count). The molecule has 0 atom stereocenters. The van der Waals surface area contributed by atoms with Gasteiger partial charge < -0.3 is 29.2 Å². The molecule has 0 fully saturated rings. The molecule has 2 heterocycles. The lowest BCUT2D eigenvalue weighted by atomic mass is 10.2. The van der Waals surface area contributed by atoms with E-state index in [0.29, 0.717) is 70.7 Å². The summed E-state index contributed by atoms with van der Waals surface area (Å²) in [6.45, 7) is 9.13. The van der Waals surface area contributed by atoms with Gasteiger partial charge in [-0.05, 0) is 19.9 Å². The van der Waals surface area contributed by atoms with Crippen molar-refractivity contribution in [3.63, 3.8) is 0 Å². The number of hydrogen-bond donors (Lipinski definition) is 1. The molecule has 0 aliphatic heterocycles. The zero-order chi connectivity index (χ0) is 20.5. The van der Waals surface area contributed by atoms with Crippen LogP contribution in [0.1, 0.15) is 19.7 Å². The van der Waals surface area contributed by atoms with Gasteiger partial charge in [-0.2, -0.15) is 0 Å². The summed E-state index contributed by atoms with van der Waals surface area (Å²) in [7, 11) is 0. The molecule has 0 amide bonds. The van der Waals surface area contributed by atoms with E-state index in [1.165, 1.54) is 0 Å². The van der Waals surface area contributed by atoms with Gasteiger partial charge in [0, 0.05) is 25.1 Å². The van der Waals surface area contributed by atoms with Crippen LogP contribution in [0.15, 0.2) is 24.3 Å².